The number of rotatable bonds is 4. The average molecular weight is 518 g/mol. The lowest BCUT2D eigenvalue weighted by Crippen LogP contribution is -2.49. The Hall–Kier alpha value is -4.18. The molecule has 5 aromatic rings. The fourth-order valence-corrected chi connectivity index (χ4v) is 5.59. The second-order valence-corrected chi connectivity index (χ2v) is 9.75. The van der Waals surface area contributed by atoms with Crippen LogP contribution in [-0.4, -0.2) is 51.6 Å². The van der Waals surface area contributed by atoms with E-state index in [1.165, 1.54) is 17.6 Å². The first-order valence-electron chi connectivity index (χ1n) is 11.8. The standard InChI is InChI=1S/C27H21F2N5O2S/c28-21-14-16(15-22-17-5-1-2-6-18(17)26(35)31-30-22)13-20(24(21)29)27(36)34-11-9-33(10-12-34)25-19-7-3-4-8-23(19)37-32-25/h1-8,13-14H,9-12,15H2,(H,31,35). The van der Waals surface area contributed by atoms with Gasteiger partial charge in [0.15, 0.2) is 11.6 Å². The Balaban J connectivity index is 1.23. The Labute approximate surface area is 214 Å². The van der Waals surface area contributed by atoms with Crippen molar-refractivity contribution in [2.24, 2.45) is 0 Å². The number of amides is 1. The molecular weight excluding hydrogens is 496 g/mol. The van der Waals surface area contributed by atoms with E-state index in [1.54, 1.807) is 29.2 Å². The van der Waals surface area contributed by atoms with E-state index < -0.39 is 17.5 Å². The molecule has 0 spiro atoms. The number of hydrogen-bond donors (Lipinski definition) is 1. The van der Waals surface area contributed by atoms with Gasteiger partial charge >= 0.3 is 0 Å². The molecule has 1 aliphatic heterocycles. The fraction of sp³-hybridized carbons (Fsp3) is 0.185. The Morgan fingerprint density at radius 1 is 0.946 bits per heavy atom. The number of aromatic nitrogens is 3. The third-order valence-electron chi connectivity index (χ3n) is 6.69. The molecule has 1 amide bonds. The van der Waals surface area contributed by atoms with Gasteiger partial charge in [0, 0.05) is 43.4 Å². The summed E-state index contributed by atoms with van der Waals surface area (Å²) in [4.78, 5) is 29.0. The lowest BCUT2D eigenvalue weighted by atomic mass is 10.0. The van der Waals surface area contributed by atoms with Gasteiger partial charge in [0.05, 0.1) is 21.3 Å². The number of carbonyl (C=O) groups excluding carboxylic acids is 1. The SMILES string of the molecule is O=C(c1cc(Cc2n[nH]c(=O)c3ccccc23)cc(F)c1F)N1CCN(c2nsc3ccccc23)CC1. The van der Waals surface area contributed by atoms with Crippen molar-refractivity contribution in [3.05, 3.63) is 99.5 Å². The monoisotopic (exact) mass is 517 g/mol. The van der Waals surface area contributed by atoms with Crippen molar-refractivity contribution < 1.29 is 13.6 Å². The van der Waals surface area contributed by atoms with Crippen molar-refractivity contribution in [2.75, 3.05) is 31.1 Å². The van der Waals surface area contributed by atoms with Crippen LogP contribution in [0.15, 0.2) is 65.5 Å². The van der Waals surface area contributed by atoms with Gasteiger partial charge in [-0.2, -0.15) is 9.47 Å². The van der Waals surface area contributed by atoms with Crippen molar-refractivity contribution in [3.63, 3.8) is 0 Å². The van der Waals surface area contributed by atoms with E-state index in [9.17, 15) is 18.4 Å². The summed E-state index contributed by atoms with van der Waals surface area (Å²) in [5.74, 6) is -1.93. The first-order chi connectivity index (χ1) is 18.0. The number of carbonyl (C=O) groups is 1. The smallest absolute Gasteiger partial charge is 0.272 e. The van der Waals surface area contributed by atoms with Crippen molar-refractivity contribution in [3.8, 4) is 0 Å². The van der Waals surface area contributed by atoms with Crippen LogP contribution < -0.4 is 10.5 Å². The maximum Gasteiger partial charge on any atom is 0.272 e. The molecule has 186 valence electrons. The summed E-state index contributed by atoms with van der Waals surface area (Å²) in [6.45, 7) is 1.80. The van der Waals surface area contributed by atoms with Crippen LogP contribution >= 0.6 is 11.5 Å². The van der Waals surface area contributed by atoms with Gasteiger partial charge in [-0.3, -0.25) is 9.59 Å². The molecular formula is C27H21F2N5O2S. The molecule has 3 heterocycles. The third kappa shape index (κ3) is 4.23. The summed E-state index contributed by atoms with van der Waals surface area (Å²) < 4.78 is 35.1. The molecule has 1 N–H and O–H groups in total. The molecule has 0 unspecified atom stereocenters. The number of H-pyrrole nitrogens is 1. The maximum absolute atomic E-state index is 14.8. The van der Waals surface area contributed by atoms with E-state index in [2.05, 4.69) is 19.5 Å². The molecule has 0 bridgehead atoms. The Kier molecular flexibility index (Phi) is 5.88. The number of nitrogens with one attached hydrogen (secondary N) is 1. The van der Waals surface area contributed by atoms with E-state index >= 15 is 0 Å². The zero-order chi connectivity index (χ0) is 25.5. The van der Waals surface area contributed by atoms with Crippen LogP contribution in [0.5, 0.6) is 0 Å². The van der Waals surface area contributed by atoms with Gasteiger partial charge in [-0.05, 0) is 47.4 Å². The number of nitrogens with zero attached hydrogens (tertiary/aromatic N) is 4. The Bertz CT molecular complexity index is 1710. The van der Waals surface area contributed by atoms with E-state index in [-0.39, 0.29) is 17.5 Å². The van der Waals surface area contributed by atoms with E-state index in [1.807, 2.05) is 24.3 Å². The predicted octanol–water partition coefficient (Wildman–Crippen LogP) is 4.36. The van der Waals surface area contributed by atoms with Crippen molar-refractivity contribution in [1.82, 2.24) is 19.5 Å². The van der Waals surface area contributed by atoms with E-state index in [4.69, 9.17) is 0 Å². The topological polar surface area (TPSA) is 82.2 Å². The highest BCUT2D eigenvalue weighted by atomic mass is 32.1. The maximum atomic E-state index is 14.8. The Morgan fingerprint density at radius 2 is 1.65 bits per heavy atom. The quantitative estimate of drug-likeness (QED) is 0.383. The second-order valence-electron chi connectivity index (χ2n) is 8.94. The van der Waals surface area contributed by atoms with Gasteiger partial charge in [-0.1, -0.05) is 30.3 Å². The molecule has 1 saturated heterocycles. The molecule has 37 heavy (non-hydrogen) atoms. The largest absolute Gasteiger partial charge is 0.352 e. The van der Waals surface area contributed by atoms with E-state index in [0.717, 1.165) is 22.0 Å². The predicted molar refractivity (Wildman–Crippen MR) is 139 cm³/mol. The molecule has 0 saturated carbocycles. The van der Waals surface area contributed by atoms with Crippen LogP contribution in [0.3, 0.4) is 0 Å². The van der Waals surface area contributed by atoms with Gasteiger partial charge in [0.25, 0.3) is 11.5 Å². The number of aromatic amines is 1. The van der Waals surface area contributed by atoms with Gasteiger partial charge in [-0.25, -0.2) is 13.9 Å². The molecule has 10 heteroatoms. The summed E-state index contributed by atoms with van der Waals surface area (Å²) in [5, 5.41) is 8.70. The summed E-state index contributed by atoms with van der Waals surface area (Å²) >= 11 is 1.43. The van der Waals surface area contributed by atoms with Crippen LogP contribution in [0.25, 0.3) is 20.9 Å². The molecule has 0 radical (unpaired) electrons. The van der Waals surface area contributed by atoms with Gasteiger partial charge in [0.2, 0.25) is 0 Å². The molecule has 3 aromatic carbocycles. The first kappa shape index (κ1) is 23.2. The highest BCUT2D eigenvalue weighted by Crippen LogP contribution is 2.30. The second kappa shape index (κ2) is 9.36. The van der Waals surface area contributed by atoms with E-state index in [0.29, 0.717) is 48.2 Å². The summed E-state index contributed by atoms with van der Waals surface area (Å²) in [6.07, 6.45) is 0.124. The van der Waals surface area contributed by atoms with Gasteiger partial charge in [0.1, 0.15) is 5.82 Å². The number of halogens is 2. The highest BCUT2D eigenvalue weighted by Gasteiger charge is 2.27. The number of fused-ring (bicyclic) bond motifs is 2. The first-order valence-corrected chi connectivity index (χ1v) is 12.6. The molecule has 0 atom stereocenters. The molecule has 6 rings (SSSR count). The molecule has 7 nitrogen and oxygen atoms in total. The summed E-state index contributed by atoms with van der Waals surface area (Å²) in [5.41, 5.74) is 0.254. The van der Waals surface area contributed by atoms with Gasteiger partial charge < -0.3 is 9.80 Å². The number of benzene rings is 3. The molecule has 2 aromatic heterocycles. The minimum Gasteiger partial charge on any atom is -0.352 e. The minimum atomic E-state index is -1.17. The van der Waals surface area contributed by atoms with Crippen molar-refractivity contribution in [1.29, 1.82) is 0 Å². The zero-order valence-electron chi connectivity index (χ0n) is 19.6. The third-order valence-corrected chi connectivity index (χ3v) is 7.51. The minimum absolute atomic E-state index is 0.124. The normalized spacial score (nSPS) is 14.0. The summed E-state index contributed by atoms with van der Waals surface area (Å²) in [7, 11) is 0. The van der Waals surface area contributed by atoms with Crippen molar-refractivity contribution in [2.45, 2.75) is 6.42 Å². The molecule has 1 aliphatic rings. The molecule has 0 aliphatic carbocycles. The molecule has 1 fully saturated rings. The van der Waals surface area contributed by atoms with Crippen molar-refractivity contribution >= 4 is 44.1 Å². The van der Waals surface area contributed by atoms with Crippen LogP contribution in [0.4, 0.5) is 14.6 Å². The fourth-order valence-electron chi connectivity index (χ4n) is 4.79. The van der Waals surface area contributed by atoms with Crippen LogP contribution in [0, 0.1) is 11.6 Å². The number of anilines is 1. The van der Waals surface area contributed by atoms with Crippen LogP contribution in [0.2, 0.25) is 0 Å². The van der Waals surface area contributed by atoms with Crippen LogP contribution in [-0.2, 0) is 6.42 Å². The Morgan fingerprint density at radius 3 is 2.43 bits per heavy atom. The zero-order valence-corrected chi connectivity index (χ0v) is 20.4. The highest BCUT2D eigenvalue weighted by molar-refractivity contribution is 7.13. The lowest BCUT2D eigenvalue weighted by molar-refractivity contribution is 0.0740. The van der Waals surface area contributed by atoms with Crippen LogP contribution in [0.1, 0.15) is 21.6 Å². The number of piperazine rings is 1. The summed E-state index contributed by atoms with van der Waals surface area (Å²) in [6, 6.07) is 17.4. The lowest BCUT2D eigenvalue weighted by Gasteiger charge is -2.35. The van der Waals surface area contributed by atoms with Gasteiger partial charge in [-0.15, -0.1) is 0 Å². The number of hydrogen-bond acceptors (Lipinski definition) is 6. The average Bonchev–Trinajstić information content (AvgIpc) is 3.36.